The number of allylic oxidation sites excluding steroid dienone is 19. The number of hydrogen-bond donors (Lipinski definition) is 0. The van der Waals surface area contributed by atoms with Crippen LogP contribution in [-0.2, 0) is 9.59 Å². The molecule has 0 N–H and O–H groups in total. The predicted molar refractivity (Wildman–Crippen MR) is 179 cm³/mol. The van der Waals surface area contributed by atoms with Crippen LogP contribution in [0.3, 0.4) is 0 Å². The molecule has 0 amide bonds. The number of carbonyl (C=O) groups excluding carboxylic acids is 2. The molecule has 5 heteroatoms. The van der Waals surface area contributed by atoms with Crippen LogP contribution in [0.4, 0.5) is 0 Å². The van der Waals surface area contributed by atoms with Crippen molar-refractivity contribution in [3.63, 3.8) is 0 Å². The smallest absolute Gasteiger partial charge is 0.0645 e. The fourth-order valence-corrected chi connectivity index (χ4v) is 3.43. The third-order valence-corrected chi connectivity index (χ3v) is 5.88. The van der Waals surface area contributed by atoms with E-state index in [1.54, 1.807) is 13.8 Å². The van der Waals surface area contributed by atoms with Crippen LogP contribution < -0.4 is 10.2 Å². The van der Waals surface area contributed by atoms with Crippen LogP contribution in [0.5, 0.6) is 0 Å². The van der Waals surface area contributed by atoms with E-state index < -0.39 is 11.9 Å². The van der Waals surface area contributed by atoms with Crippen molar-refractivity contribution in [1.29, 1.82) is 0 Å². The van der Waals surface area contributed by atoms with Crippen molar-refractivity contribution in [2.75, 3.05) is 0 Å². The molecular formula is C39H39O4Sb-2. The number of aliphatic carboxylic acids is 2. The SMILES string of the molecule is C/C(=C/C(=O)[O-])C1=CC=CC1.C/C(=C/C(=O)[O-])C1=CC=CC1.CC1=CC=C=C[CH]1.CC1=CC=C=C[CH]1.CC1=CC=C=C[CH]1.[Sb]. The molecule has 0 saturated heterocycles. The van der Waals surface area contributed by atoms with Crippen molar-refractivity contribution in [1.82, 2.24) is 0 Å². The van der Waals surface area contributed by atoms with Gasteiger partial charge in [-0.1, -0.05) is 71.4 Å². The molecule has 0 heterocycles. The van der Waals surface area contributed by atoms with Gasteiger partial charge in [0.25, 0.3) is 0 Å². The Hall–Kier alpha value is -4.02. The Labute approximate surface area is 281 Å². The monoisotopic (exact) mass is 692 g/mol. The zero-order valence-corrected chi connectivity index (χ0v) is 28.6. The topological polar surface area (TPSA) is 80.3 Å². The Morgan fingerprint density at radius 1 is 0.591 bits per heavy atom. The normalized spacial score (nSPS) is 16.5. The minimum atomic E-state index is -1.13. The molecule has 0 aromatic heterocycles. The fraction of sp³-hybridized carbons (Fsp3) is 0.179. The second kappa shape index (κ2) is 24.4. The Bertz CT molecular complexity index is 1330. The first-order valence-corrected chi connectivity index (χ1v) is 13.9. The van der Waals surface area contributed by atoms with Crippen LogP contribution in [0.15, 0.2) is 159 Å². The summed E-state index contributed by atoms with van der Waals surface area (Å²) in [6.45, 7) is 9.73. The van der Waals surface area contributed by atoms with Gasteiger partial charge in [-0.05, 0) is 118 Å². The van der Waals surface area contributed by atoms with E-state index in [1.807, 2.05) is 110 Å². The van der Waals surface area contributed by atoms with Crippen molar-refractivity contribution >= 4 is 36.4 Å². The largest absolute Gasteiger partial charge is 0.545 e. The van der Waals surface area contributed by atoms with Crippen LogP contribution in [0.1, 0.15) is 47.5 Å². The summed E-state index contributed by atoms with van der Waals surface area (Å²) in [6, 6.07) is 0. The molecule has 0 unspecified atom stereocenters. The van der Waals surface area contributed by atoms with Crippen molar-refractivity contribution in [3.05, 3.63) is 179 Å². The summed E-state index contributed by atoms with van der Waals surface area (Å²) in [7, 11) is 0. The molecule has 226 valence electrons. The molecule has 0 fully saturated rings. The summed E-state index contributed by atoms with van der Waals surface area (Å²) in [4.78, 5) is 20.3. The molecule has 5 aliphatic carbocycles. The first kappa shape index (κ1) is 40.0. The van der Waals surface area contributed by atoms with Crippen molar-refractivity contribution in [2.24, 2.45) is 0 Å². The molecule has 0 bridgehead atoms. The number of rotatable bonds is 4. The minimum absolute atomic E-state index is 0. The van der Waals surface area contributed by atoms with Crippen LogP contribution in [0.25, 0.3) is 0 Å². The number of hydrogen-bond acceptors (Lipinski definition) is 4. The molecule has 4 nitrogen and oxygen atoms in total. The van der Waals surface area contributed by atoms with E-state index in [-0.39, 0.29) is 24.4 Å². The molecular weight excluding hydrogens is 654 g/mol. The molecule has 5 rings (SSSR count). The average Bonchev–Trinajstić information content (AvgIpc) is 3.71. The zero-order valence-electron chi connectivity index (χ0n) is 26.0. The first-order chi connectivity index (χ1) is 20.6. The van der Waals surface area contributed by atoms with E-state index in [0.717, 1.165) is 47.3 Å². The third-order valence-electron chi connectivity index (χ3n) is 5.88. The Morgan fingerprint density at radius 2 is 0.909 bits per heavy atom. The Kier molecular flexibility index (Phi) is 22.2. The van der Waals surface area contributed by atoms with Crippen LogP contribution in [0, 0.1) is 19.3 Å². The second-order valence-electron chi connectivity index (χ2n) is 9.67. The fourth-order valence-electron chi connectivity index (χ4n) is 3.43. The predicted octanol–water partition coefficient (Wildman–Crippen LogP) is 6.34. The van der Waals surface area contributed by atoms with Gasteiger partial charge in [0.15, 0.2) is 0 Å². The van der Waals surface area contributed by atoms with E-state index in [0.29, 0.717) is 0 Å². The molecule has 6 radical (unpaired) electrons. The van der Waals surface area contributed by atoms with Gasteiger partial charge in [0.2, 0.25) is 0 Å². The second-order valence-corrected chi connectivity index (χ2v) is 9.67. The maximum atomic E-state index is 10.1. The first-order valence-electron chi connectivity index (χ1n) is 13.9. The van der Waals surface area contributed by atoms with Crippen molar-refractivity contribution in [3.8, 4) is 0 Å². The summed E-state index contributed by atoms with van der Waals surface area (Å²) in [6.07, 6.45) is 39.2. The summed E-state index contributed by atoms with van der Waals surface area (Å²) in [5.74, 6) is -2.26. The molecule has 0 aliphatic heterocycles. The van der Waals surface area contributed by atoms with Gasteiger partial charge in [0.05, 0.1) is 11.9 Å². The Morgan fingerprint density at radius 3 is 1.07 bits per heavy atom. The average molecular weight is 693 g/mol. The summed E-state index contributed by atoms with van der Waals surface area (Å²) in [5.41, 5.74) is 16.3. The number of carboxylic acids is 2. The van der Waals surface area contributed by atoms with Crippen LogP contribution in [0.2, 0.25) is 0 Å². The van der Waals surface area contributed by atoms with Gasteiger partial charge in [0.1, 0.15) is 0 Å². The summed E-state index contributed by atoms with van der Waals surface area (Å²) in [5, 5.41) is 20.3. The standard InChI is InChI=1S/2C9H10O2.3C7H7.Sb/c2*1-7(6-9(10)11)8-4-2-3-5-8;3*1-7-5-3-2-4-6-7;/h2*2-4,6H,5H2,1H3,(H,10,11);3*3-6H,1H3;/p-2/b2*7-6-;;;;. The van der Waals surface area contributed by atoms with Gasteiger partial charge in [-0.2, -0.15) is 0 Å². The van der Waals surface area contributed by atoms with Crippen LogP contribution in [-0.4, -0.2) is 36.4 Å². The molecule has 0 aromatic carbocycles. The zero-order chi connectivity index (χ0) is 31.9. The van der Waals surface area contributed by atoms with E-state index in [2.05, 4.69) is 38.0 Å². The maximum Gasteiger partial charge on any atom is 0.0645 e. The van der Waals surface area contributed by atoms with E-state index in [9.17, 15) is 19.8 Å². The van der Waals surface area contributed by atoms with Crippen molar-refractivity contribution in [2.45, 2.75) is 47.5 Å². The number of carbonyl (C=O) groups is 2. The van der Waals surface area contributed by atoms with E-state index >= 15 is 0 Å². The van der Waals surface area contributed by atoms with Gasteiger partial charge >= 0.3 is 0 Å². The number of carboxylic acid groups (broad SMARTS) is 2. The third kappa shape index (κ3) is 20.8. The van der Waals surface area contributed by atoms with Gasteiger partial charge in [-0.25, -0.2) is 0 Å². The minimum Gasteiger partial charge on any atom is -0.545 e. The van der Waals surface area contributed by atoms with Crippen molar-refractivity contribution < 1.29 is 19.8 Å². The van der Waals surface area contributed by atoms with Gasteiger partial charge in [-0.15, -0.1) is 17.2 Å². The molecule has 44 heavy (non-hydrogen) atoms. The molecule has 0 saturated carbocycles. The van der Waals surface area contributed by atoms with Gasteiger partial charge in [-0.3, -0.25) is 0 Å². The van der Waals surface area contributed by atoms with Gasteiger partial charge < -0.3 is 19.8 Å². The van der Waals surface area contributed by atoms with E-state index in [1.165, 1.54) is 16.7 Å². The van der Waals surface area contributed by atoms with E-state index in [4.69, 9.17) is 0 Å². The summed E-state index contributed by atoms with van der Waals surface area (Å²) >= 11 is 0. The molecule has 0 aromatic rings. The Balaban J connectivity index is 0.000000531. The molecule has 0 atom stereocenters. The maximum absolute atomic E-state index is 10.1. The summed E-state index contributed by atoms with van der Waals surface area (Å²) < 4.78 is 0. The van der Waals surface area contributed by atoms with Crippen LogP contribution >= 0.6 is 0 Å². The molecule has 5 aliphatic rings. The quantitative estimate of drug-likeness (QED) is 0.196. The van der Waals surface area contributed by atoms with Gasteiger partial charge in [0, 0.05) is 43.7 Å². The molecule has 0 spiro atoms.